The Kier molecular flexibility index (Phi) is 6.64. The number of hydrogen-bond acceptors (Lipinski definition) is 5. The predicted molar refractivity (Wildman–Crippen MR) is 75.1 cm³/mol. The molecule has 0 spiro atoms. The largest absolute Gasteiger partial charge is 0.360 e. The van der Waals surface area contributed by atoms with Crippen LogP contribution in [0.15, 0.2) is 0 Å². The Labute approximate surface area is 112 Å². The number of carbonyl (C=O) groups is 1. The van der Waals surface area contributed by atoms with E-state index in [1.165, 1.54) is 17.8 Å². The van der Waals surface area contributed by atoms with Gasteiger partial charge in [-0.2, -0.15) is 0 Å². The van der Waals surface area contributed by atoms with E-state index in [-0.39, 0.29) is 5.91 Å². The molecule has 102 valence electrons. The standard InChI is InChI=1S/C12H22N4OS/c1-4-13-12-16-15-11(18-12)10(17)14-8-6-5-7-9(2)3/h9H,4-8H2,1-3H3,(H,13,16)(H,14,17). The molecule has 1 aromatic heterocycles. The quantitative estimate of drug-likeness (QED) is 0.712. The van der Waals surface area contributed by atoms with E-state index >= 15 is 0 Å². The summed E-state index contributed by atoms with van der Waals surface area (Å²) in [5, 5.41) is 14.8. The van der Waals surface area contributed by atoms with Crippen molar-refractivity contribution in [2.75, 3.05) is 18.4 Å². The van der Waals surface area contributed by atoms with Crippen molar-refractivity contribution >= 4 is 22.4 Å². The Morgan fingerprint density at radius 2 is 2.11 bits per heavy atom. The van der Waals surface area contributed by atoms with Crippen LogP contribution >= 0.6 is 11.3 Å². The third-order valence-corrected chi connectivity index (χ3v) is 3.32. The highest BCUT2D eigenvalue weighted by Gasteiger charge is 2.11. The number of hydrogen-bond donors (Lipinski definition) is 2. The van der Waals surface area contributed by atoms with Gasteiger partial charge in [0, 0.05) is 13.1 Å². The Morgan fingerprint density at radius 3 is 2.78 bits per heavy atom. The van der Waals surface area contributed by atoms with Crippen LogP contribution in [0.5, 0.6) is 0 Å². The molecule has 0 saturated heterocycles. The summed E-state index contributed by atoms with van der Waals surface area (Å²) in [6.07, 6.45) is 3.37. The van der Waals surface area contributed by atoms with Crippen molar-refractivity contribution in [1.82, 2.24) is 15.5 Å². The maximum absolute atomic E-state index is 11.7. The van der Waals surface area contributed by atoms with Crippen molar-refractivity contribution in [3.63, 3.8) is 0 Å². The molecule has 0 aliphatic heterocycles. The Balaban J connectivity index is 2.23. The van der Waals surface area contributed by atoms with Gasteiger partial charge in [0.25, 0.3) is 5.91 Å². The highest BCUT2D eigenvalue weighted by molar-refractivity contribution is 7.17. The van der Waals surface area contributed by atoms with Crippen LogP contribution in [0.2, 0.25) is 0 Å². The van der Waals surface area contributed by atoms with Crippen LogP contribution in [0.4, 0.5) is 5.13 Å². The average molecular weight is 270 g/mol. The summed E-state index contributed by atoms with van der Waals surface area (Å²) in [5.74, 6) is 0.604. The van der Waals surface area contributed by atoms with Crippen molar-refractivity contribution in [2.45, 2.75) is 40.0 Å². The molecule has 0 aromatic carbocycles. The monoisotopic (exact) mass is 270 g/mol. The first-order chi connectivity index (χ1) is 8.63. The molecule has 0 saturated carbocycles. The summed E-state index contributed by atoms with van der Waals surface area (Å²) in [6, 6.07) is 0. The first-order valence-electron chi connectivity index (χ1n) is 6.49. The van der Waals surface area contributed by atoms with E-state index in [0.717, 1.165) is 25.3 Å². The topological polar surface area (TPSA) is 66.9 Å². The third kappa shape index (κ3) is 5.44. The van der Waals surface area contributed by atoms with Crippen LogP contribution in [0.25, 0.3) is 0 Å². The molecular formula is C12H22N4OS. The lowest BCUT2D eigenvalue weighted by Crippen LogP contribution is -2.24. The molecule has 18 heavy (non-hydrogen) atoms. The van der Waals surface area contributed by atoms with E-state index in [1.807, 2.05) is 6.92 Å². The first kappa shape index (κ1) is 14.9. The molecule has 0 aliphatic rings. The summed E-state index contributed by atoms with van der Waals surface area (Å²) in [5.41, 5.74) is 0. The van der Waals surface area contributed by atoms with Gasteiger partial charge in [0.1, 0.15) is 0 Å². The van der Waals surface area contributed by atoms with Gasteiger partial charge in [-0.15, -0.1) is 10.2 Å². The van der Waals surface area contributed by atoms with Gasteiger partial charge < -0.3 is 10.6 Å². The molecule has 1 aromatic rings. The number of aromatic nitrogens is 2. The van der Waals surface area contributed by atoms with Crippen LogP contribution in [0, 0.1) is 5.92 Å². The minimum atomic E-state index is -0.124. The van der Waals surface area contributed by atoms with Gasteiger partial charge in [0.15, 0.2) is 0 Å². The van der Waals surface area contributed by atoms with Crippen molar-refractivity contribution in [1.29, 1.82) is 0 Å². The summed E-state index contributed by atoms with van der Waals surface area (Å²) < 4.78 is 0. The Bertz CT molecular complexity index is 365. The smallest absolute Gasteiger partial charge is 0.282 e. The molecule has 1 amide bonds. The minimum absolute atomic E-state index is 0.124. The van der Waals surface area contributed by atoms with Gasteiger partial charge in [-0.05, 0) is 19.3 Å². The lowest BCUT2D eigenvalue weighted by Gasteiger charge is -2.04. The van der Waals surface area contributed by atoms with Crippen LogP contribution in [-0.2, 0) is 0 Å². The van der Waals surface area contributed by atoms with E-state index in [4.69, 9.17) is 0 Å². The fourth-order valence-corrected chi connectivity index (χ4v) is 2.22. The summed E-state index contributed by atoms with van der Waals surface area (Å²) in [6.45, 7) is 7.90. The maximum atomic E-state index is 11.7. The molecule has 0 radical (unpaired) electrons. The van der Waals surface area contributed by atoms with Gasteiger partial charge >= 0.3 is 0 Å². The van der Waals surface area contributed by atoms with E-state index in [1.54, 1.807) is 0 Å². The molecule has 6 heteroatoms. The van der Waals surface area contributed by atoms with E-state index in [2.05, 4.69) is 34.7 Å². The molecule has 0 aliphatic carbocycles. The summed E-state index contributed by atoms with van der Waals surface area (Å²) in [4.78, 5) is 11.7. The van der Waals surface area contributed by atoms with Crippen molar-refractivity contribution in [3.05, 3.63) is 5.01 Å². The highest BCUT2D eigenvalue weighted by atomic mass is 32.1. The van der Waals surface area contributed by atoms with Crippen LogP contribution < -0.4 is 10.6 Å². The van der Waals surface area contributed by atoms with Gasteiger partial charge in [-0.3, -0.25) is 4.79 Å². The second-order valence-electron chi connectivity index (χ2n) is 4.59. The zero-order valence-electron chi connectivity index (χ0n) is 11.3. The SMILES string of the molecule is CCNc1nnc(C(=O)NCCCCC(C)C)s1. The molecular weight excluding hydrogens is 248 g/mol. The van der Waals surface area contributed by atoms with Gasteiger partial charge in [0.05, 0.1) is 0 Å². The van der Waals surface area contributed by atoms with Gasteiger partial charge in [-0.25, -0.2) is 0 Å². The molecule has 0 atom stereocenters. The number of rotatable bonds is 8. The molecule has 2 N–H and O–H groups in total. The predicted octanol–water partition coefficient (Wildman–Crippen LogP) is 2.53. The zero-order valence-corrected chi connectivity index (χ0v) is 12.1. The molecule has 0 unspecified atom stereocenters. The van der Waals surface area contributed by atoms with Crippen molar-refractivity contribution < 1.29 is 4.79 Å². The van der Waals surface area contributed by atoms with Crippen molar-refractivity contribution in [3.8, 4) is 0 Å². The van der Waals surface area contributed by atoms with Crippen molar-refractivity contribution in [2.24, 2.45) is 5.92 Å². The van der Waals surface area contributed by atoms with Crippen LogP contribution in [0.3, 0.4) is 0 Å². The molecule has 1 heterocycles. The minimum Gasteiger partial charge on any atom is -0.360 e. The zero-order chi connectivity index (χ0) is 13.4. The normalized spacial score (nSPS) is 10.7. The highest BCUT2D eigenvalue weighted by Crippen LogP contribution is 2.14. The fourth-order valence-electron chi connectivity index (χ4n) is 1.49. The fraction of sp³-hybridized carbons (Fsp3) is 0.750. The maximum Gasteiger partial charge on any atom is 0.282 e. The van der Waals surface area contributed by atoms with E-state index in [9.17, 15) is 4.79 Å². The van der Waals surface area contributed by atoms with Crippen LogP contribution in [0.1, 0.15) is 49.8 Å². The number of unbranched alkanes of at least 4 members (excludes halogenated alkanes) is 1. The van der Waals surface area contributed by atoms with Gasteiger partial charge in [-0.1, -0.05) is 38.0 Å². The lowest BCUT2D eigenvalue weighted by atomic mass is 10.1. The summed E-state index contributed by atoms with van der Waals surface area (Å²) >= 11 is 1.29. The summed E-state index contributed by atoms with van der Waals surface area (Å²) in [7, 11) is 0. The Hall–Kier alpha value is -1.17. The molecule has 5 nitrogen and oxygen atoms in total. The molecule has 0 fully saturated rings. The van der Waals surface area contributed by atoms with Crippen LogP contribution in [-0.4, -0.2) is 29.2 Å². The number of nitrogens with one attached hydrogen (secondary N) is 2. The molecule has 1 rings (SSSR count). The second kappa shape index (κ2) is 8.02. The first-order valence-corrected chi connectivity index (χ1v) is 7.30. The number of amides is 1. The van der Waals surface area contributed by atoms with Gasteiger partial charge in [0.2, 0.25) is 10.1 Å². The van der Waals surface area contributed by atoms with E-state index in [0.29, 0.717) is 16.7 Å². The van der Waals surface area contributed by atoms with E-state index < -0.39 is 0 Å². The number of carbonyl (C=O) groups excluding carboxylic acids is 1. The Morgan fingerprint density at radius 1 is 1.33 bits per heavy atom. The lowest BCUT2D eigenvalue weighted by molar-refractivity contribution is 0.0952. The second-order valence-corrected chi connectivity index (χ2v) is 5.57. The average Bonchev–Trinajstić information content (AvgIpc) is 2.77. The number of nitrogens with zero attached hydrogens (tertiary/aromatic N) is 2. The third-order valence-electron chi connectivity index (χ3n) is 2.44. The molecule has 0 bridgehead atoms. The number of anilines is 1.